The summed E-state index contributed by atoms with van der Waals surface area (Å²) < 4.78 is 4.93. The van der Waals surface area contributed by atoms with E-state index in [-0.39, 0.29) is 0 Å². The largest absolute Gasteiger partial charge is 0.308 e. The summed E-state index contributed by atoms with van der Waals surface area (Å²) in [6.45, 7) is 0. The summed E-state index contributed by atoms with van der Waals surface area (Å²) in [5.74, 6) is 1.82. The standard InChI is InChI=1S/C61H38N4S/c1-2-14-39(15-3-1)45-34-35-53(56(38-45)65-54-25-9-6-20-49(54)50-21-7-10-26-55(50)65)61-63-59(42-31-28-41(29-32-42)44-33-30-40-16-4-5-17-43(40)36-44)62-60(64-61)47-19-12-18-46(37-47)48-23-13-24-52-51-22-8-11-27-57(51)66-58(48)52/h1-38H. The molecule has 308 valence electrons. The third-order valence-electron chi connectivity index (χ3n) is 12.9. The van der Waals surface area contributed by atoms with Crippen molar-refractivity contribution in [3.8, 4) is 73.2 Å². The molecule has 0 aliphatic heterocycles. The van der Waals surface area contributed by atoms with Crippen molar-refractivity contribution in [3.63, 3.8) is 0 Å². The molecule has 0 N–H and O–H groups in total. The summed E-state index contributed by atoms with van der Waals surface area (Å²) in [5.41, 5.74) is 12.8. The van der Waals surface area contributed by atoms with E-state index >= 15 is 0 Å². The van der Waals surface area contributed by atoms with E-state index < -0.39 is 0 Å². The van der Waals surface area contributed by atoms with Crippen LogP contribution in [-0.2, 0) is 0 Å². The lowest BCUT2D eigenvalue weighted by molar-refractivity contribution is 1.06. The van der Waals surface area contributed by atoms with Crippen LogP contribution in [0.25, 0.3) is 126 Å². The van der Waals surface area contributed by atoms with Crippen LogP contribution >= 0.6 is 11.3 Å². The first-order valence-electron chi connectivity index (χ1n) is 22.3. The minimum absolute atomic E-state index is 0.599. The van der Waals surface area contributed by atoms with E-state index in [9.17, 15) is 0 Å². The van der Waals surface area contributed by atoms with Gasteiger partial charge in [-0.15, -0.1) is 11.3 Å². The monoisotopic (exact) mass is 858 g/mol. The molecule has 0 bridgehead atoms. The van der Waals surface area contributed by atoms with E-state index in [2.05, 4.69) is 235 Å². The Balaban J connectivity index is 1.02. The molecule has 3 heterocycles. The number of benzene rings is 10. The van der Waals surface area contributed by atoms with Crippen LogP contribution in [0, 0.1) is 0 Å². The molecule has 0 saturated heterocycles. The van der Waals surface area contributed by atoms with Gasteiger partial charge in [0.15, 0.2) is 17.5 Å². The minimum Gasteiger partial charge on any atom is -0.308 e. The van der Waals surface area contributed by atoms with Gasteiger partial charge in [-0.3, -0.25) is 0 Å². The molecule has 0 aliphatic carbocycles. The van der Waals surface area contributed by atoms with Crippen molar-refractivity contribution in [2.75, 3.05) is 0 Å². The third-order valence-corrected chi connectivity index (χ3v) is 14.1. The van der Waals surface area contributed by atoms with Gasteiger partial charge in [-0.05, 0) is 86.6 Å². The highest BCUT2D eigenvalue weighted by Gasteiger charge is 2.21. The van der Waals surface area contributed by atoms with Gasteiger partial charge < -0.3 is 4.57 Å². The lowest BCUT2D eigenvalue weighted by Crippen LogP contribution is -2.04. The van der Waals surface area contributed by atoms with E-state index in [1.807, 2.05) is 11.3 Å². The average molecular weight is 859 g/mol. The van der Waals surface area contributed by atoms with Gasteiger partial charge >= 0.3 is 0 Å². The Bertz CT molecular complexity index is 3940. The van der Waals surface area contributed by atoms with Crippen molar-refractivity contribution < 1.29 is 0 Å². The fourth-order valence-electron chi connectivity index (χ4n) is 9.63. The molecule has 5 heteroatoms. The first-order valence-corrected chi connectivity index (χ1v) is 23.1. The van der Waals surface area contributed by atoms with Crippen LogP contribution in [0.5, 0.6) is 0 Å². The molecule has 0 radical (unpaired) electrons. The van der Waals surface area contributed by atoms with Gasteiger partial charge in [0.05, 0.1) is 16.7 Å². The van der Waals surface area contributed by atoms with Gasteiger partial charge in [-0.2, -0.15) is 0 Å². The van der Waals surface area contributed by atoms with Crippen LogP contribution in [-0.4, -0.2) is 19.5 Å². The highest BCUT2D eigenvalue weighted by Crippen LogP contribution is 2.42. The lowest BCUT2D eigenvalue weighted by Gasteiger charge is -2.16. The third kappa shape index (κ3) is 6.48. The number of fused-ring (bicyclic) bond motifs is 7. The average Bonchev–Trinajstić information content (AvgIpc) is 3.95. The second kappa shape index (κ2) is 15.6. The Labute approximate surface area is 385 Å². The predicted molar refractivity (Wildman–Crippen MR) is 277 cm³/mol. The van der Waals surface area contributed by atoms with Crippen molar-refractivity contribution in [2.24, 2.45) is 0 Å². The molecule has 0 spiro atoms. The molecule has 0 atom stereocenters. The number of aromatic nitrogens is 4. The smallest absolute Gasteiger partial charge is 0.166 e. The topological polar surface area (TPSA) is 43.6 Å². The van der Waals surface area contributed by atoms with Crippen LogP contribution in [0.15, 0.2) is 231 Å². The van der Waals surface area contributed by atoms with Crippen LogP contribution < -0.4 is 0 Å². The van der Waals surface area contributed by atoms with E-state index in [1.54, 1.807) is 0 Å². The zero-order valence-corrected chi connectivity index (χ0v) is 36.5. The fraction of sp³-hybridized carbons (Fsp3) is 0. The van der Waals surface area contributed by atoms with Crippen molar-refractivity contribution in [3.05, 3.63) is 231 Å². The summed E-state index contributed by atoms with van der Waals surface area (Å²) in [4.78, 5) is 16.1. The van der Waals surface area contributed by atoms with Gasteiger partial charge in [0.2, 0.25) is 0 Å². The molecule has 0 saturated carbocycles. The van der Waals surface area contributed by atoms with Crippen LogP contribution in [0.3, 0.4) is 0 Å². The van der Waals surface area contributed by atoms with Crippen LogP contribution in [0.1, 0.15) is 0 Å². The van der Waals surface area contributed by atoms with E-state index in [1.165, 1.54) is 47.3 Å². The number of rotatable bonds is 7. The normalized spacial score (nSPS) is 11.6. The van der Waals surface area contributed by atoms with Gasteiger partial charge in [-0.25, -0.2) is 15.0 Å². The molecular formula is C61H38N4S. The second-order valence-corrected chi connectivity index (χ2v) is 17.8. The predicted octanol–water partition coefficient (Wildman–Crippen LogP) is 16.5. The Morgan fingerprint density at radius 3 is 1.65 bits per heavy atom. The lowest BCUT2D eigenvalue weighted by atomic mass is 9.99. The maximum Gasteiger partial charge on any atom is 0.166 e. The number of para-hydroxylation sites is 2. The quantitative estimate of drug-likeness (QED) is 0.160. The van der Waals surface area contributed by atoms with E-state index in [4.69, 9.17) is 15.0 Å². The highest BCUT2D eigenvalue weighted by atomic mass is 32.1. The molecule has 0 amide bonds. The van der Waals surface area contributed by atoms with Gasteiger partial charge in [0.1, 0.15) is 0 Å². The van der Waals surface area contributed by atoms with Crippen molar-refractivity contribution in [1.29, 1.82) is 0 Å². The molecule has 66 heavy (non-hydrogen) atoms. The first kappa shape index (κ1) is 38.0. The molecule has 0 unspecified atom stereocenters. The Hall–Kier alpha value is -8.51. The Morgan fingerprint density at radius 2 is 0.848 bits per heavy atom. The molecule has 0 fully saturated rings. The molecule has 4 nitrogen and oxygen atoms in total. The second-order valence-electron chi connectivity index (χ2n) is 16.8. The van der Waals surface area contributed by atoms with Crippen LogP contribution in [0.4, 0.5) is 0 Å². The van der Waals surface area contributed by atoms with Gasteiger partial charge in [0.25, 0.3) is 0 Å². The summed E-state index contributed by atoms with van der Waals surface area (Å²) in [6.07, 6.45) is 0. The summed E-state index contributed by atoms with van der Waals surface area (Å²) in [5, 5.41) is 7.38. The van der Waals surface area contributed by atoms with Gasteiger partial charge in [-0.1, -0.05) is 188 Å². The minimum atomic E-state index is 0.599. The molecule has 13 aromatic rings. The number of hydrogen-bond acceptors (Lipinski definition) is 4. The van der Waals surface area contributed by atoms with E-state index in [0.717, 1.165) is 61.2 Å². The van der Waals surface area contributed by atoms with Crippen molar-refractivity contribution >= 4 is 64.1 Å². The zero-order valence-electron chi connectivity index (χ0n) is 35.6. The zero-order chi connectivity index (χ0) is 43.6. The number of nitrogens with zero attached hydrogens (tertiary/aromatic N) is 4. The fourth-order valence-corrected chi connectivity index (χ4v) is 10.9. The number of hydrogen-bond donors (Lipinski definition) is 0. The summed E-state index contributed by atoms with van der Waals surface area (Å²) in [6, 6.07) is 82.3. The van der Waals surface area contributed by atoms with Crippen LogP contribution in [0.2, 0.25) is 0 Å². The Kier molecular flexibility index (Phi) is 9.00. The maximum absolute atomic E-state index is 5.43. The summed E-state index contributed by atoms with van der Waals surface area (Å²) in [7, 11) is 0. The van der Waals surface area contributed by atoms with Gasteiger partial charge in [0, 0.05) is 47.6 Å². The number of thiophene rings is 1. The molecule has 0 aliphatic rings. The summed E-state index contributed by atoms with van der Waals surface area (Å²) >= 11 is 1.84. The van der Waals surface area contributed by atoms with Crippen molar-refractivity contribution in [1.82, 2.24) is 19.5 Å². The van der Waals surface area contributed by atoms with E-state index in [0.29, 0.717) is 17.5 Å². The molecular weight excluding hydrogens is 821 g/mol. The SMILES string of the molecule is c1ccc(-c2ccc(-c3nc(-c4ccc(-c5ccc6ccccc6c5)cc4)nc(-c4cccc(-c5cccc6c5sc5ccccc56)c4)n3)c(-n3c4ccccc4c4ccccc43)c2)cc1. The highest BCUT2D eigenvalue weighted by molar-refractivity contribution is 7.26. The maximum atomic E-state index is 5.43. The first-order chi connectivity index (χ1) is 32.7. The molecule has 13 rings (SSSR count). The molecule has 3 aromatic heterocycles. The molecule has 10 aromatic carbocycles. The van der Waals surface area contributed by atoms with Crippen molar-refractivity contribution in [2.45, 2.75) is 0 Å². The Morgan fingerprint density at radius 1 is 0.303 bits per heavy atom.